The Kier molecular flexibility index (Phi) is 5.71. The first-order valence-electron chi connectivity index (χ1n) is 11.6. The Bertz CT molecular complexity index is 894. The molecule has 1 aromatic carbocycles. The van der Waals surface area contributed by atoms with Crippen molar-refractivity contribution in [2.75, 3.05) is 5.75 Å². The fraction of sp³-hybridized carbons (Fsp3) is 0.625. The second-order valence-corrected chi connectivity index (χ2v) is 10.6. The van der Waals surface area contributed by atoms with Gasteiger partial charge >= 0.3 is 0 Å². The van der Waals surface area contributed by atoms with Crippen molar-refractivity contribution >= 4 is 17.7 Å². The number of aromatic nitrogens is 3. The molecule has 1 amide bonds. The largest absolute Gasteiger partial charge is 0.483 e. The van der Waals surface area contributed by atoms with Crippen LogP contribution in [0.4, 0.5) is 0 Å². The molecule has 4 saturated carbocycles. The number of carbonyl (C=O) groups is 1. The van der Waals surface area contributed by atoms with Crippen LogP contribution < -0.4 is 10.1 Å². The lowest BCUT2D eigenvalue weighted by Gasteiger charge is -2.56. The van der Waals surface area contributed by atoms with Crippen molar-refractivity contribution in [2.45, 2.75) is 75.7 Å². The molecule has 0 spiro atoms. The van der Waals surface area contributed by atoms with Crippen molar-refractivity contribution in [1.29, 1.82) is 0 Å². The van der Waals surface area contributed by atoms with E-state index in [0.717, 1.165) is 41.0 Å². The van der Waals surface area contributed by atoms with E-state index in [4.69, 9.17) is 4.74 Å². The SMILES string of the molecule is CCn1c(SCC(=O)NC23CC4CC(CC(C4)C2)C3)nnc1[C@@H](C)Oc1ccccc1. The molecule has 0 unspecified atom stereocenters. The summed E-state index contributed by atoms with van der Waals surface area (Å²) in [5, 5.41) is 13.0. The molecule has 1 atom stereocenters. The van der Waals surface area contributed by atoms with E-state index in [-0.39, 0.29) is 17.6 Å². The second-order valence-electron chi connectivity index (χ2n) is 9.69. The lowest BCUT2D eigenvalue weighted by Crippen LogP contribution is -2.60. The number of amides is 1. The molecule has 0 radical (unpaired) electrons. The molecule has 1 heterocycles. The van der Waals surface area contributed by atoms with E-state index in [9.17, 15) is 4.79 Å². The quantitative estimate of drug-likeness (QED) is 0.607. The van der Waals surface area contributed by atoms with Gasteiger partial charge < -0.3 is 14.6 Å². The summed E-state index contributed by atoms with van der Waals surface area (Å²) in [7, 11) is 0. The van der Waals surface area contributed by atoms with E-state index in [2.05, 4.69) is 27.0 Å². The van der Waals surface area contributed by atoms with E-state index in [0.29, 0.717) is 5.75 Å². The van der Waals surface area contributed by atoms with E-state index in [1.165, 1.54) is 50.3 Å². The molecule has 0 aliphatic heterocycles. The van der Waals surface area contributed by atoms with Crippen LogP contribution in [0, 0.1) is 17.8 Å². The van der Waals surface area contributed by atoms with Crippen molar-refractivity contribution < 1.29 is 9.53 Å². The molecule has 4 aliphatic carbocycles. The lowest BCUT2D eigenvalue weighted by atomic mass is 9.53. The van der Waals surface area contributed by atoms with Gasteiger partial charge in [-0.3, -0.25) is 4.79 Å². The van der Waals surface area contributed by atoms with Crippen molar-refractivity contribution in [3.8, 4) is 5.75 Å². The molecule has 1 N–H and O–H groups in total. The van der Waals surface area contributed by atoms with Gasteiger partial charge in [-0.05, 0) is 82.3 Å². The van der Waals surface area contributed by atoms with Gasteiger partial charge in [0.05, 0.1) is 5.75 Å². The smallest absolute Gasteiger partial charge is 0.230 e. The molecule has 31 heavy (non-hydrogen) atoms. The zero-order valence-corrected chi connectivity index (χ0v) is 19.2. The molecule has 166 valence electrons. The highest BCUT2D eigenvalue weighted by Crippen LogP contribution is 2.55. The number of ether oxygens (including phenoxy) is 1. The zero-order chi connectivity index (χ0) is 21.4. The molecule has 0 saturated heterocycles. The van der Waals surface area contributed by atoms with Crippen LogP contribution in [0.5, 0.6) is 5.75 Å². The molecule has 1 aromatic heterocycles. The number of rotatable bonds is 8. The summed E-state index contributed by atoms with van der Waals surface area (Å²) < 4.78 is 8.08. The van der Waals surface area contributed by atoms with Crippen molar-refractivity contribution in [1.82, 2.24) is 20.1 Å². The third kappa shape index (κ3) is 4.34. The van der Waals surface area contributed by atoms with Crippen LogP contribution in [0.2, 0.25) is 0 Å². The Balaban J connectivity index is 1.20. The molecule has 4 fully saturated rings. The van der Waals surface area contributed by atoms with Crippen LogP contribution in [0.3, 0.4) is 0 Å². The second kappa shape index (κ2) is 8.49. The average molecular weight is 441 g/mol. The number of para-hydroxylation sites is 1. The van der Waals surface area contributed by atoms with Crippen molar-refractivity contribution in [3.05, 3.63) is 36.2 Å². The van der Waals surface area contributed by atoms with Crippen LogP contribution >= 0.6 is 11.8 Å². The molecule has 4 bridgehead atoms. The van der Waals surface area contributed by atoms with Crippen molar-refractivity contribution in [3.63, 3.8) is 0 Å². The van der Waals surface area contributed by atoms with Crippen molar-refractivity contribution in [2.24, 2.45) is 17.8 Å². The van der Waals surface area contributed by atoms with Crippen LogP contribution in [0.25, 0.3) is 0 Å². The Morgan fingerprint density at radius 1 is 1.16 bits per heavy atom. The maximum absolute atomic E-state index is 12.9. The van der Waals surface area contributed by atoms with Gasteiger partial charge in [-0.15, -0.1) is 10.2 Å². The monoisotopic (exact) mass is 440 g/mol. The van der Waals surface area contributed by atoms with Gasteiger partial charge in [-0.1, -0.05) is 30.0 Å². The number of benzene rings is 1. The number of nitrogens with zero attached hydrogens (tertiary/aromatic N) is 3. The maximum atomic E-state index is 12.9. The summed E-state index contributed by atoms with van der Waals surface area (Å²) in [6.07, 6.45) is 7.47. The summed E-state index contributed by atoms with van der Waals surface area (Å²) in [5.74, 6) is 4.60. The lowest BCUT2D eigenvalue weighted by molar-refractivity contribution is -0.124. The van der Waals surface area contributed by atoms with E-state index in [1.54, 1.807) is 0 Å². The summed E-state index contributed by atoms with van der Waals surface area (Å²) >= 11 is 1.47. The Morgan fingerprint density at radius 2 is 1.81 bits per heavy atom. The number of hydrogen-bond donors (Lipinski definition) is 1. The molecular formula is C24H32N4O2S. The maximum Gasteiger partial charge on any atom is 0.230 e. The Hall–Kier alpha value is -2.02. The highest BCUT2D eigenvalue weighted by Gasteiger charge is 2.51. The molecule has 6 nitrogen and oxygen atoms in total. The summed E-state index contributed by atoms with van der Waals surface area (Å²) in [6.45, 7) is 4.79. The van der Waals surface area contributed by atoms with E-state index >= 15 is 0 Å². The summed E-state index contributed by atoms with van der Waals surface area (Å²) in [5.41, 5.74) is 0.0635. The molecule has 4 aliphatic rings. The van der Waals surface area contributed by atoms with Gasteiger partial charge in [0.1, 0.15) is 5.75 Å². The minimum atomic E-state index is -0.218. The van der Waals surface area contributed by atoms with Gasteiger partial charge in [0.2, 0.25) is 5.91 Å². The number of nitrogens with one attached hydrogen (secondary N) is 1. The number of thioether (sulfide) groups is 1. The van der Waals surface area contributed by atoms with E-state index < -0.39 is 0 Å². The molecule has 2 aromatic rings. The molecular weight excluding hydrogens is 408 g/mol. The van der Waals surface area contributed by atoms with Gasteiger partial charge in [0, 0.05) is 12.1 Å². The van der Waals surface area contributed by atoms with Crippen LogP contribution in [0.15, 0.2) is 35.5 Å². The third-order valence-electron chi connectivity index (χ3n) is 7.26. The minimum absolute atomic E-state index is 0.0635. The Morgan fingerprint density at radius 3 is 2.42 bits per heavy atom. The van der Waals surface area contributed by atoms with Crippen LogP contribution in [-0.2, 0) is 11.3 Å². The topological polar surface area (TPSA) is 69.0 Å². The normalized spacial score (nSPS) is 29.7. The van der Waals surface area contributed by atoms with Gasteiger partial charge in [0.25, 0.3) is 0 Å². The number of carbonyl (C=O) groups excluding carboxylic acids is 1. The Labute approximate surface area is 188 Å². The minimum Gasteiger partial charge on any atom is -0.483 e. The molecule has 6 rings (SSSR count). The molecule has 7 heteroatoms. The van der Waals surface area contributed by atoms with Crippen LogP contribution in [0.1, 0.15) is 64.3 Å². The first-order chi connectivity index (χ1) is 15.0. The van der Waals surface area contributed by atoms with Gasteiger partial charge in [-0.2, -0.15) is 0 Å². The van der Waals surface area contributed by atoms with Gasteiger partial charge in [0.15, 0.2) is 17.1 Å². The third-order valence-corrected chi connectivity index (χ3v) is 8.22. The standard InChI is InChI=1S/C24H32N4O2S/c1-3-28-22(16(2)30-20-7-5-4-6-8-20)26-27-23(28)31-15-21(29)25-24-12-17-9-18(13-24)11-19(10-17)14-24/h4-8,16-19H,3,9-15H2,1-2H3,(H,25,29)/t16-,17?,18?,19?,24?/m1/s1. The summed E-state index contributed by atoms with van der Waals surface area (Å²) in [6, 6.07) is 9.75. The van der Waals surface area contributed by atoms with Gasteiger partial charge in [-0.25, -0.2) is 0 Å². The summed E-state index contributed by atoms with van der Waals surface area (Å²) in [4.78, 5) is 12.9. The number of hydrogen-bond acceptors (Lipinski definition) is 5. The van der Waals surface area contributed by atoms with E-state index in [1.807, 2.05) is 37.3 Å². The average Bonchev–Trinajstić information content (AvgIpc) is 3.15. The predicted octanol–water partition coefficient (Wildman–Crippen LogP) is 4.62. The van der Waals surface area contributed by atoms with Crippen LogP contribution in [-0.4, -0.2) is 32.0 Å². The fourth-order valence-corrected chi connectivity index (χ4v) is 7.30. The highest BCUT2D eigenvalue weighted by atomic mass is 32.2. The zero-order valence-electron chi connectivity index (χ0n) is 18.4. The fourth-order valence-electron chi connectivity index (χ4n) is 6.49. The first kappa shape index (κ1) is 20.9. The first-order valence-corrected chi connectivity index (χ1v) is 12.6. The predicted molar refractivity (Wildman–Crippen MR) is 121 cm³/mol. The highest BCUT2D eigenvalue weighted by molar-refractivity contribution is 7.99.